The van der Waals surface area contributed by atoms with Crippen LogP contribution >= 0.6 is 32.9 Å². The van der Waals surface area contributed by atoms with Crippen LogP contribution in [0.4, 0.5) is 0 Å². The molecule has 0 fully saturated rings. The zero-order valence-corrected chi connectivity index (χ0v) is 9.14. The van der Waals surface area contributed by atoms with Crippen molar-refractivity contribution >= 4 is 38.9 Å². The first-order valence-electron chi connectivity index (χ1n) is 3.05. The minimum absolute atomic E-state index is 0. The first-order chi connectivity index (χ1) is 4.18. The number of halogens is 2. The number of rotatable bonds is 4. The monoisotopic (exact) mass is 274 g/mol. The van der Waals surface area contributed by atoms with Crippen LogP contribution in [0.3, 0.4) is 0 Å². The largest absolute Gasteiger partial charge is 0.480 e. The van der Waals surface area contributed by atoms with Gasteiger partial charge >= 0.3 is 5.97 Å². The van der Waals surface area contributed by atoms with E-state index in [1.807, 2.05) is 6.92 Å². The number of carboxylic acid groups (broad SMARTS) is 1. The van der Waals surface area contributed by atoms with E-state index in [1.54, 1.807) is 0 Å². The van der Waals surface area contributed by atoms with E-state index in [-0.39, 0.29) is 21.8 Å². The van der Waals surface area contributed by atoms with Crippen LogP contribution in [0.15, 0.2) is 0 Å². The van der Waals surface area contributed by atoms with Crippen LogP contribution in [0.5, 0.6) is 0 Å². The molecule has 0 radical (unpaired) electrons. The van der Waals surface area contributed by atoms with E-state index < -0.39 is 5.97 Å². The van der Waals surface area contributed by atoms with Crippen LogP contribution in [0.25, 0.3) is 0 Å². The van der Waals surface area contributed by atoms with E-state index >= 15 is 0 Å². The van der Waals surface area contributed by atoms with Crippen molar-refractivity contribution in [2.24, 2.45) is 0 Å². The fraction of sp³-hybridized carbons (Fsp3) is 0.833. The summed E-state index contributed by atoms with van der Waals surface area (Å²) in [6.07, 6.45) is 2.75. The van der Waals surface area contributed by atoms with Crippen molar-refractivity contribution in [2.45, 2.75) is 31.0 Å². The number of carboxylic acids is 1. The Morgan fingerprint density at radius 1 is 1.70 bits per heavy atom. The highest BCUT2D eigenvalue weighted by Gasteiger charge is 2.10. The second kappa shape index (κ2) is 7.54. The van der Waals surface area contributed by atoms with Crippen molar-refractivity contribution in [1.29, 1.82) is 0 Å². The van der Waals surface area contributed by atoms with Crippen LogP contribution in [0.1, 0.15) is 26.2 Å². The number of unbranched alkanes of at least 4 members (excludes halogenated alkanes) is 1. The molecule has 0 aromatic rings. The fourth-order valence-electron chi connectivity index (χ4n) is 0.507. The third-order valence-corrected chi connectivity index (χ3v) is 1.93. The molecule has 1 unspecified atom stereocenters. The Morgan fingerprint density at radius 2 is 2.20 bits per heavy atom. The average molecular weight is 276 g/mol. The van der Waals surface area contributed by atoms with Crippen molar-refractivity contribution in [3.63, 3.8) is 0 Å². The molecular formula is C6H12Br2O2. The third kappa shape index (κ3) is 6.55. The van der Waals surface area contributed by atoms with E-state index in [0.29, 0.717) is 0 Å². The zero-order valence-electron chi connectivity index (χ0n) is 5.84. The second-order valence-corrected chi connectivity index (χ2v) is 3.05. The summed E-state index contributed by atoms with van der Waals surface area (Å²) < 4.78 is 0. The predicted molar refractivity (Wildman–Crippen MR) is 50.2 cm³/mol. The molecule has 10 heavy (non-hydrogen) atoms. The van der Waals surface area contributed by atoms with Crippen molar-refractivity contribution < 1.29 is 9.90 Å². The van der Waals surface area contributed by atoms with Crippen LogP contribution in [-0.4, -0.2) is 15.9 Å². The highest BCUT2D eigenvalue weighted by atomic mass is 79.9. The van der Waals surface area contributed by atoms with Gasteiger partial charge in [-0.2, -0.15) is 0 Å². The molecule has 0 aromatic heterocycles. The molecule has 0 aliphatic heterocycles. The maximum absolute atomic E-state index is 10.2. The predicted octanol–water partition coefficient (Wildman–Crippen LogP) is 2.60. The molecule has 0 spiro atoms. The lowest BCUT2D eigenvalue weighted by molar-refractivity contribution is -0.136. The zero-order chi connectivity index (χ0) is 7.28. The molecule has 4 heteroatoms. The van der Waals surface area contributed by atoms with Gasteiger partial charge in [0, 0.05) is 0 Å². The second-order valence-electron chi connectivity index (χ2n) is 1.95. The molecular weight excluding hydrogens is 264 g/mol. The Hall–Kier alpha value is 0.430. The number of hydrogen-bond donors (Lipinski definition) is 1. The summed E-state index contributed by atoms with van der Waals surface area (Å²) in [6, 6.07) is 0. The molecule has 0 rings (SSSR count). The van der Waals surface area contributed by atoms with Crippen LogP contribution in [0.2, 0.25) is 0 Å². The number of hydrogen-bond acceptors (Lipinski definition) is 1. The molecule has 0 aliphatic carbocycles. The molecule has 0 amide bonds. The molecule has 1 atom stereocenters. The average Bonchev–Trinajstić information content (AvgIpc) is 1.82. The first-order valence-corrected chi connectivity index (χ1v) is 3.97. The van der Waals surface area contributed by atoms with Crippen LogP contribution in [-0.2, 0) is 4.79 Å². The fourth-order valence-corrected chi connectivity index (χ4v) is 0.831. The maximum atomic E-state index is 10.2. The van der Waals surface area contributed by atoms with E-state index in [4.69, 9.17) is 5.11 Å². The molecule has 62 valence electrons. The molecule has 0 bridgehead atoms. The Labute approximate surface area is 79.9 Å². The van der Waals surface area contributed by atoms with Crippen molar-refractivity contribution in [3.05, 3.63) is 0 Å². The molecule has 0 aromatic carbocycles. The Bertz CT molecular complexity index is 95.7. The van der Waals surface area contributed by atoms with Gasteiger partial charge in [0.2, 0.25) is 0 Å². The number of aliphatic carboxylic acids is 1. The topological polar surface area (TPSA) is 37.3 Å². The summed E-state index contributed by atoms with van der Waals surface area (Å²) in [6.45, 7) is 2.04. The quantitative estimate of drug-likeness (QED) is 0.801. The van der Waals surface area contributed by atoms with Crippen LogP contribution < -0.4 is 0 Å². The molecule has 0 aliphatic rings. The van der Waals surface area contributed by atoms with Gasteiger partial charge in [-0.15, -0.1) is 17.0 Å². The Kier molecular flexibility index (Phi) is 9.84. The summed E-state index contributed by atoms with van der Waals surface area (Å²) in [5.74, 6) is -0.761. The van der Waals surface area contributed by atoms with Gasteiger partial charge in [-0.3, -0.25) is 4.79 Å². The SMILES string of the molecule is Br.CCCCC(Br)C(=O)O. The first kappa shape index (κ1) is 13.1. The summed E-state index contributed by atoms with van der Waals surface area (Å²) in [4.78, 5) is 9.81. The van der Waals surface area contributed by atoms with E-state index in [9.17, 15) is 4.79 Å². The van der Waals surface area contributed by atoms with Gasteiger partial charge in [-0.1, -0.05) is 35.7 Å². The summed E-state index contributed by atoms with van der Waals surface area (Å²) in [7, 11) is 0. The van der Waals surface area contributed by atoms with Gasteiger partial charge < -0.3 is 5.11 Å². The smallest absolute Gasteiger partial charge is 0.317 e. The standard InChI is InChI=1S/C6H11BrO2.BrH/c1-2-3-4-5(7)6(8)9;/h5H,2-4H2,1H3,(H,8,9);1H. The van der Waals surface area contributed by atoms with E-state index in [0.717, 1.165) is 19.3 Å². The molecule has 2 nitrogen and oxygen atoms in total. The van der Waals surface area contributed by atoms with Gasteiger partial charge in [-0.05, 0) is 6.42 Å². The molecule has 1 N–H and O–H groups in total. The lowest BCUT2D eigenvalue weighted by Gasteiger charge is -2.00. The highest BCUT2D eigenvalue weighted by molar-refractivity contribution is 9.10. The van der Waals surface area contributed by atoms with Crippen molar-refractivity contribution in [2.75, 3.05) is 0 Å². The van der Waals surface area contributed by atoms with Crippen LogP contribution in [0, 0.1) is 0 Å². The Balaban J connectivity index is 0. The minimum Gasteiger partial charge on any atom is -0.480 e. The lowest BCUT2D eigenvalue weighted by Crippen LogP contribution is -2.11. The van der Waals surface area contributed by atoms with Gasteiger partial charge in [0.05, 0.1) is 0 Å². The summed E-state index contributed by atoms with van der Waals surface area (Å²) >= 11 is 3.04. The van der Waals surface area contributed by atoms with Gasteiger partial charge in [0.15, 0.2) is 0 Å². The Morgan fingerprint density at radius 3 is 2.50 bits per heavy atom. The highest BCUT2D eigenvalue weighted by Crippen LogP contribution is 2.08. The van der Waals surface area contributed by atoms with Gasteiger partial charge in [-0.25, -0.2) is 0 Å². The summed E-state index contributed by atoms with van der Waals surface area (Å²) in [5, 5.41) is 8.36. The van der Waals surface area contributed by atoms with Gasteiger partial charge in [0.1, 0.15) is 4.83 Å². The van der Waals surface area contributed by atoms with E-state index in [2.05, 4.69) is 15.9 Å². The number of alkyl halides is 1. The maximum Gasteiger partial charge on any atom is 0.317 e. The minimum atomic E-state index is -0.761. The molecule has 0 heterocycles. The third-order valence-electron chi connectivity index (χ3n) is 1.08. The summed E-state index contributed by atoms with van der Waals surface area (Å²) in [5.41, 5.74) is 0. The van der Waals surface area contributed by atoms with E-state index in [1.165, 1.54) is 0 Å². The number of carbonyl (C=O) groups is 1. The van der Waals surface area contributed by atoms with Crippen molar-refractivity contribution in [1.82, 2.24) is 0 Å². The van der Waals surface area contributed by atoms with Gasteiger partial charge in [0.25, 0.3) is 0 Å². The molecule has 0 saturated heterocycles. The van der Waals surface area contributed by atoms with Crippen molar-refractivity contribution in [3.8, 4) is 0 Å². The lowest BCUT2D eigenvalue weighted by atomic mass is 10.2. The molecule has 0 saturated carbocycles. The normalized spacial score (nSPS) is 11.8.